The Morgan fingerprint density at radius 2 is 1.65 bits per heavy atom. The molecule has 0 radical (unpaired) electrons. The van der Waals surface area contributed by atoms with Crippen molar-refractivity contribution in [2.45, 2.75) is 33.6 Å². The Labute approximate surface area is 119 Å². The Kier molecular flexibility index (Phi) is 4.45. The summed E-state index contributed by atoms with van der Waals surface area (Å²) in [7, 11) is 0. The van der Waals surface area contributed by atoms with E-state index in [0.29, 0.717) is 11.4 Å². The van der Waals surface area contributed by atoms with Gasteiger partial charge in [0.25, 0.3) is 5.91 Å². The van der Waals surface area contributed by atoms with Gasteiger partial charge in [-0.2, -0.15) is 0 Å². The number of hydrogen-bond acceptors (Lipinski definition) is 3. The summed E-state index contributed by atoms with van der Waals surface area (Å²) in [6.45, 7) is 5.96. The zero-order valence-electron chi connectivity index (χ0n) is 12.1. The lowest BCUT2D eigenvalue weighted by Gasteiger charge is -2.14. The van der Waals surface area contributed by atoms with Crippen molar-refractivity contribution in [1.29, 1.82) is 0 Å². The van der Waals surface area contributed by atoms with E-state index in [4.69, 9.17) is 0 Å². The first-order valence-corrected chi connectivity index (χ1v) is 6.86. The number of amides is 1. The molecule has 0 unspecified atom stereocenters. The van der Waals surface area contributed by atoms with Gasteiger partial charge < -0.3 is 5.32 Å². The maximum Gasteiger partial charge on any atom is 0.258 e. The fourth-order valence-electron chi connectivity index (χ4n) is 2.10. The van der Waals surface area contributed by atoms with Gasteiger partial charge in [-0.25, -0.2) is 9.97 Å². The van der Waals surface area contributed by atoms with Crippen LogP contribution in [0.4, 0.5) is 5.69 Å². The van der Waals surface area contributed by atoms with Crippen LogP contribution in [-0.4, -0.2) is 15.9 Å². The minimum Gasteiger partial charge on any atom is -0.321 e. The highest BCUT2D eigenvalue weighted by Gasteiger charge is 2.12. The molecule has 0 aliphatic heterocycles. The van der Waals surface area contributed by atoms with Crippen molar-refractivity contribution in [2.75, 3.05) is 5.32 Å². The molecule has 0 bridgehead atoms. The van der Waals surface area contributed by atoms with E-state index < -0.39 is 0 Å². The fourth-order valence-corrected chi connectivity index (χ4v) is 2.10. The Balaban J connectivity index is 2.29. The number of nitrogens with one attached hydrogen (secondary N) is 1. The van der Waals surface area contributed by atoms with Crippen LogP contribution in [0.5, 0.6) is 0 Å². The highest BCUT2D eigenvalue weighted by molar-refractivity contribution is 6.04. The zero-order chi connectivity index (χ0) is 14.5. The summed E-state index contributed by atoms with van der Waals surface area (Å²) in [5, 5.41) is 3.00. The van der Waals surface area contributed by atoms with Crippen LogP contribution in [0.1, 0.15) is 41.2 Å². The predicted molar refractivity (Wildman–Crippen MR) is 79.9 cm³/mol. The lowest BCUT2D eigenvalue weighted by Crippen LogP contribution is -2.15. The van der Waals surface area contributed by atoms with E-state index in [1.54, 1.807) is 19.3 Å². The Hall–Kier alpha value is -2.23. The van der Waals surface area contributed by atoms with Crippen molar-refractivity contribution in [1.82, 2.24) is 9.97 Å². The van der Waals surface area contributed by atoms with Gasteiger partial charge in [-0.05, 0) is 30.9 Å². The lowest BCUT2D eigenvalue weighted by molar-refractivity contribution is 0.102. The first-order chi connectivity index (χ1) is 9.65. The average molecular weight is 269 g/mol. The second-order valence-electron chi connectivity index (χ2n) is 4.63. The molecule has 2 aromatic rings. The number of rotatable bonds is 4. The summed E-state index contributed by atoms with van der Waals surface area (Å²) >= 11 is 0. The molecule has 0 saturated heterocycles. The largest absolute Gasteiger partial charge is 0.321 e. The van der Waals surface area contributed by atoms with Crippen molar-refractivity contribution >= 4 is 11.6 Å². The maximum absolute atomic E-state index is 12.3. The minimum atomic E-state index is -0.166. The summed E-state index contributed by atoms with van der Waals surface area (Å²) in [5.41, 5.74) is 3.68. The van der Waals surface area contributed by atoms with E-state index >= 15 is 0 Å². The average Bonchev–Trinajstić information content (AvgIpc) is 2.48. The number of carbonyl (C=O) groups excluding carboxylic acids is 1. The van der Waals surface area contributed by atoms with Crippen molar-refractivity contribution in [2.24, 2.45) is 0 Å². The lowest BCUT2D eigenvalue weighted by atomic mass is 10.0. The van der Waals surface area contributed by atoms with Crippen LogP contribution in [0.2, 0.25) is 0 Å². The van der Waals surface area contributed by atoms with Crippen molar-refractivity contribution in [3.63, 3.8) is 0 Å². The van der Waals surface area contributed by atoms with E-state index in [-0.39, 0.29) is 5.91 Å². The maximum atomic E-state index is 12.3. The third-order valence-corrected chi connectivity index (χ3v) is 3.28. The minimum absolute atomic E-state index is 0.166. The number of nitrogens with zero attached hydrogens (tertiary/aromatic N) is 2. The number of para-hydroxylation sites is 1. The van der Waals surface area contributed by atoms with Gasteiger partial charge in [0, 0.05) is 18.1 Å². The third-order valence-electron chi connectivity index (χ3n) is 3.28. The van der Waals surface area contributed by atoms with Crippen LogP contribution in [0.3, 0.4) is 0 Å². The second-order valence-corrected chi connectivity index (χ2v) is 4.63. The number of carbonyl (C=O) groups is 1. The van der Waals surface area contributed by atoms with Gasteiger partial charge in [0.2, 0.25) is 0 Å². The highest BCUT2D eigenvalue weighted by atomic mass is 16.1. The van der Waals surface area contributed by atoms with Crippen LogP contribution >= 0.6 is 0 Å². The molecule has 0 saturated carbocycles. The van der Waals surface area contributed by atoms with Crippen LogP contribution in [0.25, 0.3) is 0 Å². The van der Waals surface area contributed by atoms with Gasteiger partial charge in [-0.1, -0.05) is 32.0 Å². The third kappa shape index (κ3) is 3.02. The molecule has 1 aromatic heterocycles. The molecule has 1 N–H and O–H groups in total. The molecule has 20 heavy (non-hydrogen) atoms. The van der Waals surface area contributed by atoms with E-state index in [0.717, 1.165) is 29.7 Å². The van der Waals surface area contributed by atoms with Gasteiger partial charge in [0.05, 0.1) is 5.56 Å². The SMILES string of the molecule is CCc1cccc(CC)c1NC(=O)c1cnc(C)nc1. The molecule has 2 rings (SSSR count). The predicted octanol–water partition coefficient (Wildman–Crippen LogP) is 3.16. The number of hydrogen-bond donors (Lipinski definition) is 1. The van der Waals surface area contributed by atoms with Crippen molar-refractivity contribution in [3.05, 3.63) is 53.1 Å². The molecule has 104 valence electrons. The molecule has 1 heterocycles. The molecule has 0 atom stereocenters. The van der Waals surface area contributed by atoms with Crippen LogP contribution in [0, 0.1) is 6.92 Å². The van der Waals surface area contributed by atoms with E-state index in [1.165, 1.54) is 0 Å². The van der Waals surface area contributed by atoms with Crippen LogP contribution < -0.4 is 5.32 Å². The molecule has 1 amide bonds. The Morgan fingerprint density at radius 1 is 1.10 bits per heavy atom. The summed E-state index contributed by atoms with van der Waals surface area (Å²) in [5.74, 6) is 0.491. The number of aromatic nitrogens is 2. The normalized spacial score (nSPS) is 10.3. The first-order valence-electron chi connectivity index (χ1n) is 6.86. The van der Waals surface area contributed by atoms with Gasteiger partial charge in [0.1, 0.15) is 5.82 Å². The van der Waals surface area contributed by atoms with E-state index in [2.05, 4.69) is 29.1 Å². The van der Waals surface area contributed by atoms with Crippen molar-refractivity contribution in [3.8, 4) is 0 Å². The van der Waals surface area contributed by atoms with Gasteiger partial charge in [-0.15, -0.1) is 0 Å². The number of anilines is 1. The van der Waals surface area contributed by atoms with Crippen molar-refractivity contribution < 1.29 is 4.79 Å². The molecule has 0 spiro atoms. The van der Waals surface area contributed by atoms with Gasteiger partial charge in [-0.3, -0.25) is 4.79 Å². The molecular weight excluding hydrogens is 250 g/mol. The van der Waals surface area contributed by atoms with E-state index in [9.17, 15) is 4.79 Å². The summed E-state index contributed by atoms with van der Waals surface area (Å²) < 4.78 is 0. The molecule has 1 aromatic carbocycles. The molecule has 4 nitrogen and oxygen atoms in total. The molecule has 0 fully saturated rings. The second kappa shape index (κ2) is 6.28. The number of benzene rings is 1. The standard InChI is InChI=1S/C16H19N3O/c1-4-12-7-6-8-13(5-2)15(12)19-16(20)14-9-17-11(3)18-10-14/h6-10H,4-5H2,1-3H3,(H,19,20). The van der Waals surface area contributed by atoms with Crippen LogP contribution in [0.15, 0.2) is 30.6 Å². The Morgan fingerprint density at radius 3 is 2.15 bits per heavy atom. The van der Waals surface area contributed by atoms with Crippen LogP contribution in [-0.2, 0) is 12.8 Å². The van der Waals surface area contributed by atoms with Gasteiger partial charge >= 0.3 is 0 Å². The monoisotopic (exact) mass is 269 g/mol. The fraction of sp³-hybridized carbons (Fsp3) is 0.312. The Bertz CT molecular complexity index is 583. The summed E-state index contributed by atoms with van der Waals surface area (Å²) in [6.07, 6.45) is 4.87. The summed E-state index contributed by atoms with van der Waals surface area (Å²) in [6, 6.07) is 6.11. The quantitative estimate of drug-likeness (QED) is 0.927. The highest BCUT2D eigenvalue weighted by Crippen LogP contribution is 2.23. The van der Waals surface area contributed by atoms with Gasteiger partial charge in [0.15, 0.2) is 0 Å². The molecule has 4 heteroatoms. The smallest absolute Gasteiger partial charge is 0.258 e. The topological polar surface area (TPSA) is 54.9 Å². The zero-order valence-corrected chi connectivity index (χ0v) is 12.1. The molecular formula is C16H19N3O. The molecule has 0 aliphatic carbocycles. The first kappa shape index (κ1) is 14.2. The summed E-state index contributed by atoms with van der Waals surface area (Å²) in [4.78, 5) is 20.4. The number of aryl methyl sites for hydroxylation is 3. The molecule has 0 aliphatic rings. The van der Waals surface area contributed by atoms with E-state index in [1.807, 2.05) is 18.2 Å².